The van der Waals surface area contributed by atoms with Gasteiger partial charge in [0, 0.05) is 43.4 Å². The molecule has 1 N–H and O–H groups in total. The van der Waals surface area contributed by atoms with E-state index in [-0.39, 0.29) is 0 Å². The van der Waals surface area contributed by atoms with Crippen LogP contribution in [-0.4, -0.2) is 67.2 Å². The molecular formula is C34H34Cl2N6O3. The first kappa shape index (κ1) is 30.9. The van der Waals surface area contributed by atoms with E-state index in [0.29, 0.717) is 60.5 Å². The monoisotopic (exact) mass is 644 g/mol. The fourth-order valence-corrected chi connectivity index (χ4v) is 6.60. The highest BCUT2D eigenvalue weighted by Gasteiger charge is 2.44. The molecule has 2 saturated heterocycles. The minimum atomic E-state index is 0.328. The number of ether oxygens (including phenoxy) is 3. The van der Waals surface area contributed by atoms with Gasteiger partial charge in [-0.05, 0) is 68.7 Å². The minimum Gasteiger partial charge on any atom is -0.495 e. The van der Waals surface area contributed by atoms with Crippen molar-refractivity contribution < 1.29 is 14.2 Å². The van der Waals surface area contributed by atoms with Crippen LogP contribution in [0.3, 0.4) is 0 Å². The lowest BCUT2D eigenvalue weighted by atomic mass is 9.72. The van der Waals surface area contributed by atoms with Gasteiger partial charge in [0.1, 0.15) is 11.8 Å². The summed E-state index contributed by atoms with van der Waals surface area (Å²) in [5.74, 6) is 1.38. The Morgan fingerprint density at radius 3 is 2.53 bits per heavy atom. The number of nitriles is 1. The van der Waals surface area contributed by atoms with Crippen molar-refractivity contribution in [2.24, 2.45) is 5.41 Å². The molecule has 0 atom stereocenters. The van der Waals surface area contributed by atoms with Gasteiger partial charge in [-0.15, -0.1) is 0 Å². The number of rotatable bonds is 9. The number of benzene rings is 2. The third-order valence-corrected chi connectivity index (χ3v) is 9.20. The molecule has 2 aliphatic rings. The number of nitrogens with zero attached hydrogens (tertiary/aromatic N) is 5. The van der Waals surface area contributed by atoms with E-state index in [1.54, 1.807) is 37.6 Å². The molecule has 2 aromatic carbocycles. The molecule has 0 aliphatic carbocycles. The third-order valence-electron chi connectivity index (χ3n) is 8.59. The van der Waals surface area contributed by atoms with Gasteiger partial charge in [0.05, 0.1) is 64.4 Å². The maximum Gasteiger partial charge on any atom is 0.170 e. The molecule has 0 unspecified atom stereocenters. The van der Waals surface area contributed by atoms with Crippen molar-refractivity contribution in [3.8, 4) is 23.3 Å². The molecule has 0 bridgehead atoms. The largest absolute Gasteiger partial charge is 0.495 e. The van der Waals surface area contributed by atoms with Gasteiger partial charge in [-0.3, -0.25) is 14.9 Å². The summed E-state index contributed by atoms with van der Waals surface area (Å²) < 4.78 is 17.0. The van der Waals surface area contributed by atoms with Gasteiger partial charge in [0.25, 0.3) is 0 Å². The van der Waals surface area contributed by atoms with Crippen molar-refractivity contribution in [2.75, 3.05) is 52.8 Å². The number of fused-ring (bicyclic) bond motifs is 1. The summed E-state index contributed by atoms with van der Waals surface area (Å²) in [6.45, 7) is 5.53. The Kier molecular flexibility index (Phi) is 9.02. The van der Waals surface area contributed by atoms with Crippen molar-refractivity contribution in [2.45, 2.75) is 19.4 Å². The summed E-state index contributed by atoms with van der Waals surface area (Å²) in [6.07, 6.45) is 7.49. The van der Waals surface area contributed by atoms with E-state index < -0.39 is 0 Å². The Hall–Kier alpha value is -4.07. The van der Waals surface area contributed by atoms with Crippen LogP contribution in [0.5, 0.6) is 17.2 Å². The molecule has 2 aliphatic heterocycles. The Bertz CT molecular complexity index is 1790. The van der Waals surface area contributed by atoms with E-state index in [4.69, 9.17) is 42.4 Å². The summed E-state index contributed by atoms with van der Waals surface area (Å²) in [5.41, 5.74) is 4.30. The topological polar surface area (TPSA) is 95.8 Å². The van der Waals surface area contributed by atoms with Crippen LogP contribution < -0.4 is 19.5 Å². The number of nitrogens with one attached hydrogen (secondary N) is 1. The van der Waals surface area contributed by atoms with Crippen LogP contribution in [0.15, 0.2) is 54.9 Å². The van der Waals surface area contributed by atoms with Crippen LogP contribution in [0.2, 0.25) is 10.0 Å². The zero-order valence-electron chi connectivity index (χ0n) is 25.4. The van der Waals surface area contributed by atoms with E-state index in [1.807, 2.05) is 18.2 Å². The average Bonchev–Trinajstić information content (AvgIpc) is 3.02. The molecule has 4 heterocycles. The number of hydrogen-bond donors (Lipinski definition) is 1. The van der Waals surface area contributed by atoms with Gasteiger partial charge >= 0.3 is 0 Å². The molecule has 9 nitrogen and oxygen atoms in total. The SMILES string of the molecule is COc1cc(Nc2c(C#N)cnc3cc(O/C=C/c4cccc(CN5CC6(CCN(C)CC6)C5)n4)c(OC)cc23)c(Cl)cc1Cl. The molecule has 232 valence electrons. The molecule has 2 fully saturated rings. The lowest BCUT2D eigenvalue weighted by Crippen LogP contribution is -2.59. The zero-order chi connectivity index (χ0) is 31.6. The molecule has 0 saturated carbocycles. The summed E-state index contributed by atoms with van der Waals surface area (Å²) in [6, 6.07) is 15.0. The number of likely N-dealkylation sites (tertiary alicyclic amines) is 2. The van der Waals surface area contributed by atoms with E-state index in [2.05, 4.69) is 39.3 Å². The van der Waals surface area contributed by atoms with Crippen molar-refractivity contribution >= 4 is 51.6 Å². The first-order valence-electron chi connectivity index (χ1n) is 14.7. The Labute approximate surface area is 272 Å². The number of aromatic nitrogens is 2. The summed E-state index contributed by atoms with van der Waals surface area (Å²) >= 11 is 12.7. The Morgan fingerprint density at radius 2 is 1.80 bits per heavy atom. The maximum atomic E-state index is 9.84. The molecule has 1 spiro atoms. The van der Waals surface area contributed by atoms with Gasteiger partial charge in [0.15, 0.2) is 11.5 Å². The number of halogens is 2. The number of anilines is 2. The van der Waals surface area contributed by atoms with Gasteiger partial charge < -0.3 is 24.4 Å². The Balaban J connectivity index is 1.18. The van der Waals surface area contributed by atoms with Crippen LogP contribution in [0, 0.1) is 16.7 Å². The van der Waals surface area contributed by atoms with Gasteiger partial charge in [-0.2, -0.15) is 5.26 Å². The highest BCUT2D eigenvalue weighted by molar-refractivity contribution is 6.37. The number of pyridine rings is 2. The van der Waals surface area contributed by atoms with Crippen LogP contribution in [-0.2, 0) is 6.54 Å². The van der Waals surface area contributed by atoms with E-state index in [0.717, 1.165) is 31.0 Å². The van der Waals surface area contributed by atoms with E-state index in [1.165, 1.54) is 39.2 Å². The van der Waals surface area contributed by atoms with Gasteiger partial charge in [-0.25, -0.2) is 0 Å². The average molecular weight is 646 g/mol. The molecule has 45 heavy (non-hydrogen) atoms. The van der Waals surface area contributed by atoms with Crippen LogP contribution in [0.25, 0.3) is 17.0 Å². The molecule has 11 heteroatoms. The quantitative estimate of drug-likeness (QED) is 0.191. The Morgan fingerprint density at radius 1 is 1.02 bits per heavy atom. The van der Waals surface area contributed by atoms with E-state index >= 15 is 0 Å². The molecular weight excluding hydrogens is 611 g/mol. The lowest BCUT2D eigenvalue weighted by molar-refractivity contribution is -0.0476. The molecule has 4 aromatic rings. The second-order valence-corrected chi connectivity index (χ2v) is 12.5. The first-order chi connectivity index (χ1) is 21.8. The standard InChI is InChI=1S/C34H34Cl2N6O3/c1-41-10-8-34(9-11-41)20-42(21-34)19-24-6-4-5-23(39-24)7-12-45-32-15-28-25(13-31(32)44-3)33(22(17-37)18-38-28)40-29-16-30(43-2)27(36)14-26(29)35/h4-7,12-16,18H,8-11,19-21H2,1-3H3,(H,38,40)/b12-7+. The second kappa shape index (κ2) is 13.1. The summed E-state index contributed by atoms with van der Waals surface area (Å²) in [5, 5.41) is 14.5. The van der Waals surface area contributed by atoms with Crippen molar-refractivity contribution in [1.82, 2.24) is 19.8 Å². The van der Waals surface area contributed by atoms with Gasteiger partial charge in [-0.1, -0.05) is 29.3 Å². The van der Waals surface area contributed by atoms with Crippen molar-refractivity contribution in [3.63, 3.8) is 0 Å². The fraction of sp³-hybridized carbons (Fsp3) is 0.324. The summed E-state index contributed by atoms with van der Waals surface area (Å²) in [4.78, 5) is 14.2. The normalized spacial score (nSPS) is 16.4. The van der Waals surface area contributed by atoms with Gasteiger partial charge in [0.2, 0.25) is 0 Å². The van der Waals surface area contributed by atoms with Crippen LogP contribution >= 0.6 is 23.2 Å². The van der Waals surface area contributed by atoms with Crippen molar-refractivity contribution in [1.29, 1.82) is 5.26 Å². The fourth-order valence-electron chi connectivity index (χ4n) is 6.10. The lowest BCUT2D eigenvalue weighted by Gasteiger charge is -2.53. The predicted molar refractivity (Wildman–Crippen MR) is 178 cm³/mol. The van der Waals surface area contributed by atoms with Crippen LogP contribution in [0.4, 0.5) is 11.4 Å². The predicted octanol–water partition coefficient (Wildman–Crippen LogP) is 7.15. The van der Waals surface area contributed by atoms with E-state index in [9.17, 15) is 5.26 Å². The van der Waals surface area contributed by atoms with Crippen LogP contribution in [0.1, 0.15) is 29.8 Å². The zero-order valence-corrected chi connectivity index (χ0v) is 27.0. The highest BCUT2D eigenvalue weighted by Crippen LogP contribution is 2.42. The smallest absolute Gasteiger partial charge is 0.170 e. The second-order valence-electron chi connectivity index (χ2n) is 11.7. The first-order valence-corrected chi connectivity index (χ1v) is 15.5. The minimum absolute atomic E-state index is 0.328. The summed E-state index contributed by atoms with van der Waals surface area (Å²) in [7, 11) is 5.29. The maximum absolute atomic E-state index is 9.84. The van der Waals surface area contributed by atoms with Crippen molar-refractivity contribution in [3.05, 3.63) is 81.9 Å². The molecule has 2 aromatic heterocycles. The highest BCUT2D eigenvalue weighted by atomic mass is 35.5. The number of methoxy groups -OCH3 is 2. The molecule has 0 radical (unpaired) electrons. The number of piperidine rings is 1. The molecule has 0 amide bonds. The number of hydrogen-bond acceptors (Lipinski definition) is 9. The third kappa shape index (κ3) is 6.65. The molecule has 6 rings (SSSR count).